The highest BCUT2D eigenvalue weighted by molar-refractivity contribution is 7.99. The van der Waals surface area contributed by atoms with Crippen molar-refractivity contribution in [3.8, 4) is 0 Å². The van der Waals surface area contributed by atoms with Gasteiger partial charge in [-0.15, -0.1) is 0 Å². The van der Waals surface area contributed by atoms with Crippen molar-refractivity contribution in [2.24, 2.45) is 0 Å². The van der Waals surface area contributed by atoms with Gasteiger partial charge in [0, 0.05) is 13.1 Å². The summed E-state index contributed by atoms with van der Waals surface area (Å²) in [4.78, 5) is 20.0. The first-order valence-corrected chi connectivity index (χ1v) is 7.21. The van der Waals surface area contributed by atoms with Crippen molar-refractivity contribution in [1.82, 2.24) is 15.3 Å². The second kappa shape index (κ2) is 7.92. The van der Waals surface area contributed by atoms with E-state index in [1.165, 1.54) is 6.20 Å². The van der Waals surface area contributed by atoms with Gasteiger partial charge in [-0.2, -0.15) is 11.8 Å². The third-order valence-corrected chi connectivity index (χ3v) is 3.33. The number of amides is 1. The molecule has 0 spiro atoms. The van der Waals surface area contributed by atoms with E-state index >= 15 is 0 Å². The van der Waals surface area contributed by atoms with Gasteiger partial charge in [-0.1, -0.05) is 6.92 Å². The number of carbonyl (C=O) groups excluding carboxylic acids is 1. The van der Waals surface area contributed by atoms with Crippen LogP contribution in [0.5, 0.6) is 0 Å². The van der Waals surface area contributed by atoms with E-state index in [-0.39, 0.29) is 11.9 Å². The summed E-state index contributed by atoms with van der Waals surface area (Å²) in [5.74, 6) is 2.58. The standard InChI is InChI=1S/C12H20N4OS/c1-4-18-6-5-9(2)15-12(17)10-7-14-8-11(13-3)16-10/h7-9H,4-6H2,1-3H3,(H,13,16)(H,15,17). The van der Waals surface area contributed by atoms with Crippen molar-refractivity contribution in [3.63, 3.8) is 0 Å². The Balaban J connectivity index is 2.48. The minimum atomic E-state index is -0.173. The molecule has 0 aliphatic rings. The van der Waals surface area contributed by atoms with E-state index in [1.807, 2.05) is 18.7 Å². The molecule has 100 valence electrons. The smallest absolute Gasteiger partial charge is 0.271 e. The maximum Gasteiger partial charge on any atom is 0.271 e. The Morgan fingerprint density at radius 1 is 1.50 bits per heavy atom. The van der Waals surface area contributed by atoms with Gasteiger partial charge in [0.15, 0.2) is 0 Å². The Morgan fingerprint density at radius 3 is 2.94 bits per heavy atom. The fourth-order valence-corrected chi connectivity index (χ4v) is 2.18. The first kappa shape index (κ1) is 14.8. The third kappa shape index (κ3) is 4.91. The molecule has 0 aliphatic carbocycles. The van der Waals surface area contributed by atoms with Crippen molar-refractivity contribution >= 4 is 23.5 Å². The average molecular weight is 268 g/mol. The lowest BCUT2D eigenvalue weighted by atomic mass is 10.2. The van der Waals surface area contributed by atoms with Crippen molar-refractivity contribution in [3.05, 3.63) is 18.1 Å². The summed E-state index contributed by atoms with van der Waals surface area (Å²) in [5, 5.41) is 5.78. The van der Waals surface area contributed by atoms with Crippen molar-refractivity contribution < 1.29 is 4.79 Å². The molecule has 1 aromatic heterocycles. The molecular formula is C12H20N4OS. The Labute approximate surface area is 112 Å². The SMILES string of the molecule is CCSCCC(C)NC(=O)c1cncc(NC)n1. The van der Waals surface area contributed by atoms with Crippen LogP contribution in [-0.4, -0.2) is 40.5 Å². The van der Waals surface area contributed by atoms with Crippen LogP contribution >= 0.6 is 11.8 Å². The number of hydrogen-bond donors (Lipinski definition) is 2. The molecule has 18 heavy (non-hydrogen) atoms. The molecule has 1 rings (SSSR count). The van der Waals surface area contributed by atoms with Crippen molar-refractivity contribution in [2.45, 2.75) is 26.3 Å². The van der Waals surface area contributed by atoms with E-state index < -0.39 is 0 Å². The molecule has 0 radical (unpaired) electrons. The fourth-order valence-electron chi connectivity index (χ4n) is 1.37. The molecule has 1 unspecified atom stereocenters. The monoisotopic (exact) mass is 268 g/mol. The Morgan fingerprint density at radius 2 is 2.28 bits per heavy atom. The summed E-state index contributed by atoms with van der Waals surface area (Å²) < 4.78 is 0. The van der Waals surface area contributed by atoms with Gasteiger partial charge in [0.1, 0.15) is 11.5 Å². The van der Waals surface area contributed by atoms with Gasteiger partial charge in [-0.25, -0.2) is 4.98 Å². The number of carbonyl (C=O) groups is 1. The van der Waals surface area contributed by atoms with Crippen LogP contribution in [0, 0.1) is 0 Å². The Hall–Kier alpha value is -1.30. The van der Waals surface area contributed by atoms with Gasteiger partial charge in [-0.3, -0.25) is 9.78 Å². The molecule has 0 aromatic carbocycles. The maximum atomic E-state index is 11.9. The number of anilines is 1. The minimum Gasteiger partial charge on any atom is -0.372 e. The number of hydrogen-bond acceptors (Lipinski definition) is 5. The normalized spacial score (nSPS) is 11.9. The minimum absolute atomic E-state index is 0.150. The van der Waals surface area contributed by atoms with E-state index in [0.29, 0.717) is 11.5 Å². The topological polar surface area (TPSA) is 66.9 Å². The molecule has 0 saturated carbocycles. The van der Waals surface area contributed by atoms with Crippen LogP contribution in [0.15, 0.2) is 12.4 Å². The molecule has 6 heteroatoms. The van der Waals surface area contributed by atoms with Gasteiger partial charge in [0.2, 0.25) is 0 Å². The summed E-state index contributed by atoms with van der Waals surface area (Å²) in [6, 6.07) is 0.150. The number of nitrogens with one attached hydrogen (secondary N) is 2. The van der Waals surface area contributed by atoms with Crippen LogP contribution in [0.4, 0.5) is 5.82 Å². The zero-order valence-electron chi connectivity index (χ0n) is 11.1. The molecular weight excluding hydrogens is 248 g/mol. The predicted molar refractivity (Wildman–Crippen MR) is 76.1 cm³/mol. The summed E-state index contributed by atoms with van der Waals surface area (Å²) >= 11 is 1.88. The molecule has 2 N–H and O–H groups in total. The number of nitrogens with zero attached hydrogens (tertiary/aromatic N) is 2. The lowest BCUT2D eigenvalue weighted by Crippen LogP contribution is -2.33. The summed E-state index contributed by atoms with van der Waals surface area (Å²) in [7, 11) is 1.75. The van der Waals surface area contributed by atoms with Gasteiger partial charge in [0.25, 0.3) is 5.91 Å². The van der Waals surface area contributed by atoms with Crippen LogP contribution < -0.4 is 10.6 Å². The van der Waals surface area contributed by atoms with Crippen molar-refractivity contribution in [1.29, 1.82) is 0 Å². The molecule has 5 nitrogen and oxygen atoms in total. The summed E-state index contributed by atoms with van der Waals surface area (Å²) in [6.07, 6.45) is 4.02. The zero-order valence-corrected chi connectivity index (χ0v) is 11.9. The van der Waals surface area contributed by atoms with E-state index in [2.05, 4.69) is 27.5 Å². The Bertz CT molecular complexity index is 386. The van der Waals surface area contributed by atoms with E-state index in [9.17, 15) is 4.79 Å². The highest BCUT2D eigenvalue weighted by atomic mass is 32.2. The first-order chi connectivity index (χ1) is 8.67. The predicted octanol–water partition coefficient (Wildman–Crippen LogP) is 1.78. The summed E-state index contributed by atoms with van der Waals surface area (Å²) in [6.45, 7) is 4.14. The van der Waals surface area contributed by atoms with Crippen LogP contribution in [0.25, 0.3) is 0 Å². The van der Waals surface area contributed by atoms with Crippen molar-refractivity contribution in [2.75, 3.05) is 23.9 Å². The van der Waals surface area contributed by atoms with E-state index in [1.54, 1.807) is 13.2 Å². The second-order valence-corrected chi connectivity index (χ2v) is 5.29. The lowest BCUT2D eigenvalue weighted by Gasteiger charge is -2.13. The Kier molecular flexibility index (Phi) is 6.49. The second-order valence-electron chi connectivity index (χ2n) is 3.90. The highest BCUT2D eigenvalue weighted by Crippen LogP contribution is 2.05. The third-order valence-electron chi connectivity index (χ3n) is 2.40. The first-order valence-electron chi connectivity index (χ1n) is 6.05. The lowest BCUT2D eigenvalue weighted by molar-refractivity contribution is 0.0934. The largest absolute Gasteiger partial charge is 0.372 e. The maximum absolute atomic E-state index is 11.9. The zero-order chi connectivity index (χ0) is 13.4. The van der Waals surface area contributed by atoms with E-state index in [4.69, 9.17) is 0 Å². The molecule has 1 atom stereocenters. The van der Waals surface area contributed by atoms with Gasteiger partial charge in [-0.05, 0) is 24.9 Å². The number of rotatable bonds is 7. The van der Waals surface area contributed by atoms with Gasteiger partial charge >= 0.3 is 0 Å². The quantitative estimate of drug-likeness (QED) is 0.738. The molecule has 1 aromatic rings. The van der Waals surface area contributed by atoms with Crippen LogP contribution in [0.1, 0.15) is 30.8 Å². The molecule has 0 saturated heterocycles. The molecule has 1 amide bonds. The number of aromatic nitrogens is 2. The average Bonchev–Trinajstić information content (AvgIpc) is 2.39. The fraction of sp³-hybridized carbons (Fsp3) is 0.583. The highest BCUT2D eigenvalue weighted by Gasteiger charge is 2.11. The van der Waals surface area contributed by atoms with Crippen LogP contribution in [0.2, 0.25) is 0 Å². The molecule has 0 aliphatic heterocycles. The molecule has 1 heterocycles. The van der Waals surface area contributed by atoms with Gasteiger partial charge in [0.05, 0.1) is 12.4 Å². The summed E-state index contributed by atoms with van der Waals surface area (Å²) in [5.41, 5.74) is 0.344. The van der Waals surface area contributed by atoms with Gasteiger partial charge < -0.3 is 10.6 Å². The van der Waals surface area contributed by atoms with Crippen LogP contribution in [-0.2, 0) is 0 Å². The molecule has 0 bridgehead atoms. The van der Waals surface area contributed by atoms with Crippen LogP contribution in [0.3, 0.4) is 0 Å². The molecule has 0 fully saturated rings. The van der Waals surface area contributed by atoms with E-state index in [0.717, 1.165) is 17.9 Å². The number of thioether (sulfide) groups is 1.